The molecule has 5 nitrogen and oxygen atoms in total. The molecule has 1 aromatic heterocycles. The van der Waals surface area contributed by atoms with Crippen LogP contribution in [-0.4, -0.2) is 34.1 Å². The van der Waals surface area contributed by atoms with E-state index in [1.54, 1.807) is 23.2 Å². The summed E-state index contributed by atoms with van der Waals surface area (Å²) in [5, 5.41) is 13.6. The van der Waals surface area contributed by atoms with Crippen molar-refractivity contribution in [3.05, 3.63) is 30.6 Å². The number of hydrogen-bond donors (Lipinski definition) is 1. The number of carbonyl (C=O) groups is 1. The van der Waals surface area contributed by atoms with Crippen molar-refractivity contribution in [3.63, 3.8) is 0 Å². The van der Waals surface area contributed by atoms with Gasteiger partial charge in [-0.2, -0.15) is 5.10 Å². The fourth-order valence-corrected chi connectivity index (χ4v) is 2.19. The minimum Gasteiger partial charge on any atom is -0.481 e. The average molecular weight is 236 g/mol. The van der Waals surface area contributed by atoms with E-state index < -0.39 is 11.4 Å². The summed E-state index contributed by atoms with van der Waals surface area (Å²) in [5.41, 5.74) is -0.0762. The summed E-state index contributed by atoms with van der Waals surface area (Å²) in [5.74, 6) is -0.793. The molecule has 0 aliphatic carbocycles. The molecule has 17 heavy (non-hydrogen) atoms. The number of aromatic nitrogens is 2. The lowest BCUT2D eigenvalue weighted by molar-refractivity contribution is -0.147. The zero-order chi connectivity index (χ0) is 12.3. The van der Waals surface area contributed by atoms with Crippen LogP contribution in [0, 0.1) is 0 Å². The standard InChI is InChI=1S/C12H16N2O3/c1-2-5-14-9-10(8-13-14)12(11(15)16)3-6-17-7-4-12/h2,8-9H,1,3-7H2,(H,15,16). The Balaban J connectivity index is 2.31. The van der Waals surface area contributed by atoms with Gasteiger partial charge in [0.1, 0.15) is 5.41 Å². The van der Waals surface area contributed by atoms with E-state index in [1.807, 2.05) is 0 Å². The van der Waals surface area contributed by atoms with E-state index in [0.717, 1.165) is 5.56 Å². The molecule has 0 aromatic carbocycles. The Bertz CT molecular complexity index is 419. The molecule has 1 saturated heterocycles. The van der Waals surface area contributed by atoms with Crippen molar-refractivity contribution in [1.82, 2.24) is 9.78 Å². The van der Waals surface area contributed by atoms with E-state index in [9.17, 15) is 9.90 Å². The number of carboxylic acid groups (broad SMARTS) is 1. The predicted molar refractivity (Wildman–Crippen MR) is 61.8 cm³/mol. The zero-order valence-corrected chi connectivity index (χ0v) is 9.63. The second kappa shape index (κ2) is 4.71. The second-order valence-corrected chi connectivity index (χ2v) is 4.24. The van der Waals surface area contributed by atoms with E-state index in [-0.39, 0.29) is 0 Å². The van der Waals surface area contributed by atoms with Crippen LogP contribution in [0.25, 0.3) is 0 Å². The minimum absolute atomic E-state index is 0.485. The summed E-state index contributed by atoms with van der Waals surface area (Å²) in [6, 6.07) is 0. The van der Waals surface area contributed by atoms with Gasteiger partial charge < -0.3 is 9.84 Å². The Morgan fingerprint density at radius 1 is 1.65 bits per heavy atom. The lowest BCUT2D eigenvalue weighted by atomic mass is 9.75. The molecule has 5 heteroatoms. The van der Waals surface area contributed by atoms with Gasteiger partial charge in [-0.1, -0.05) is 6.08 Å². The molecule has 0 atom stereocenters. The summed E-state index contributed by atoms with van der Waals surface area (Å²) in [6.45, 7) is 5.19. The molecule has 1 aliphatic heterocycles. The lowest BCUT2D eigenvalue weighted by Crippen LogP contribution is -2.41. The van der Waals surface area contributed by atoms with Gasteiger partial charge in [-0.05, 0) is 12.8 Å². The van der Waals surface area contributed by atoms with Gasteiger partial charge in [0.15, 0.2) is 0 Å². The first-order valence-corrected chi connectivity index (χ1v) is 5.64. The molecule has 0 unspecified atom stereocenters. The monoisotopic (exact) mass is 236 g/mol. The SMILES string of the molecule is C=CCn1cc(C2(C(=O)O)CCOCC2)cn1. The van der Waals surface area contributed by atoms with E-state index in [4.69, 9.17) is 4.74 Å². The first kappa shape index (κ1) is 11.9. The van der Waals surface area contributed by atoms with Gasteiger partial charge in [-0.15, -0.1) is 6.58 Å². The van der Waals surface area contributed by atoms with Gasteiger partial charge in [0.2, 0.25) is 0 Å². The van der Waals surface area contributed by atoms with Gasteiger partial charge >= 0.3 is 5.97 Å². The first-order valence-electron chi connectivity index (χ1n) is 5.64. The quantitative estimate of drug-likeness (QED) is 0.798. The van der Waals surface area contributed by atoms with Crippen molar-refractivity contribution in [2.45, 2.75) is 24.8 Å². The Morgan fingerprint density at radius 2 is 2.35 bits per heavy atom. The molecule has 92 valence electrons. The van der Waals surface area contributed by atoms with Crippen LogP contribution >= 0.6 is 0 Å². The van der Waals surface area contributed by atoms with Crippen molar-refractivity contribution in [2.75, 3.05) is 13.2 Å². The van der Waals surface area contributed by atoms with Crippen LogP contribution in [0.3, 0.4) is 0 Å². The molecule has 0 radical (unpaired) electrons. The number of rotatable bonds is 4. The van der Waals surface area contributed by atoms with Crippen LogP contribution in [-0.2, 0) is 21.5 Å². The van der Waals surface area contributed by atoms with E-state index >= 15 is 0 Å². The number of carboxylic acids is 1. The molecular formula is C12H16N2O3. The van der Waals surface area contributed by atoms with E-state index in [1.165, 1.54) is 0 Å². The summed E-state index contributed by atoms with van der Waals surface area (Å²) in [7, 11) is 0. The van der Waals surface area contributed by atoms with Crippen molar-refractivity contribution in [1.29, 1.82) is 0 Å². The topological polar surface area (TPSA) is 64.4 Å². The first-order chi connectivity index (χ1) is 8.19. The molecule has 2 heterocycles. The predicted octanol–water partition coefficient (Wildman–Crippen LogP) is 1.20. The van der Waals surface area contributed by atoms with Crippen molar-refractivity contribution in [2.24, 2.45) is 0 Å². The highest BCUT2D eigenvalue weighted by Gasteiger charge is 2.42. The smallest absolute Gasteiger partial charge is 0.314 e. The molecular weight excluding hydrogens is 220 g/mol. The summed E-state index contributed by atoms with van der Waals surface area (Å²) < 4.78 is 6.94. The van der Waals surface area contributed by atoms with Crippen molar-refractivity contribution in [3.8, 4) is 0 Å². The largest absolute Gasteiger partial charge is 0.481 e. The molecule has 0 spiro atoms. The third kappa shape index (κ3) is 2.10. The van der Waals surface area contributed by atoms with Gasteiger partial charge in [0, 0.05) is 25.0 Å². The van der Waals surface area contributed by atoms with Crippen molar-refractivity contribution < 1.29 is 14.6 Å². The number of aliphatic carboxylic acids is 1. The minimum atomic E-state index is -0.836. The van der Waals surface area contributed by atoms with Crippen LogP contribution in [0.2, 0.25) is 0 Å². The summed E-state index contributed by atoms with van der Waals surface area (Å²) in [4.78, 5) is 11.5. The van der Waals surface area contributed by atoms with Crippen LogP contribution < -0.4 is 0 Å². The number of hydrogen-bond acceptors (Lipinski definition) is 3. The Kier molecular flexibility index (Phi) is 3.28. The maximum absolute atomic E-state index is 11.5. The second-order valence-electron chi connectivity index (χ2n) is 4.24. The molecule has 1 aromatic rings. The molecule has 0 bridgehead atoms. The molecule has 2 rings (SSSR count). The highest BCUT2D eigenvalue weighted by atomic mass is 16.5. The van der Waals surface area contributed by atoms with Crippen LogP contribution in [0.1, 0.15) is 18.4 Å². The number of nitrogens with zero attached hydrogens (tertiary/aromatic N) is 2. The highest BCUT2D eigenvalue weighted by Crippen LogP contribution is 2.34. The van der Waals surface area contributed by atoms with Gasteiger partial charge in [0.05, 0.1) is 12.7 Å². The van der Waals surface area contributed by atoms with Crippen molar-refractivity contribution >= 4 is 5.97 Å². The normalized spacial score (nSPS) is 18.8. The molecule has 1 aliphatic rings. The number of allylic oxidation sites excluding steroid dienone is 1. The maximum atomic E-state index is 11.5. The average Bonchev–Trinajstić information content (AvgIpc) is 2.79. The molecule has 0 saturated carbocycles. The summed E-state index contributed by atoms with van der Waals surface area (Å²) in [6.07, 6.45) is 6.17. The highest BCUT2D eigenvalue weighted by molar-refractivity contribution is 5.81. The van der Waals surface area contributed by atoms with Gasteiger partial charge in [-0.25, -0.2) is 0 Å². The fraction of sp³-hybridized carbons (Fsp3) is 0.500. The van der Waals surface area contributed by atoms with E-state index in [0.29, 0.717) is 32.6 Å². The Labute approximate surface area is 99.7 Å². The van der Waals surface area contributed by atoms with E-state index in [2.05, 4.69) is 11.7 Å². The van der Waals surface area contributed by atoms with Crippen LogP contribution in [0.5, 0.6) is 0 Å². The Morgan fingerprint density at radius 3 is 2.94 bits per heavy atom. The summed E-state index contributed by atoms with van der Waals surface area (Å²) >= 11 is 0. The van der Waals surface area contributed by atoms with Crippen LogP contribution in [0.4, 0.5) is 0 Å². The van der Waals surface area contributed by atoms with Gasteiger partial charge in [-0.3, -0.25) is 9.48 Å². The number of ether oxygens (including phenoxy) is 1. The van der Waals surface area contributed by atoms with Crippen LogP contribution in [0.15, 0.2) is 25.0 Å². The molecule has 1 fully saturated rings. The lowest BCUT2D eigenvalue weighted by Gasteiger charge is -2.32. The zero-order valence-electron chi connectivity index (χ0n) is 9.63. The third-order valence-electron chi connectivity index (χ3n) is 3.26. The molecule has 1 N–H and O–H groups in total. The maximum Gasteiger partial charge on any atom is 0.314 e. The third-order valence-corrected chi connectivity index (χ3v) is 3.26. The molecule has 0 amide bonds. The Hall–Kier alpha value is -1.62. The fourth-order valence-electron chi connectivity index (χ4n) is 2.19. The van der Waals surface area contributed by atoms with Gasteiger partial charge in [0.25, 0.3) is 0 Å².